The lowest BCUT2D eigenvalue weighted by molar-refractivity contribution is 0.576. The first-order chi connectivity index (χ1) is 55.3. The molecule has 0 aliphatic heterocycles. The molecule has 0 fully saturated rings. The number of nitrogens with zero attached hydrogens (tertiary/aromatic N) is 1. The molecule has 10 aromatic rings. The van der Waals surface area contributed by atoms with Gasteiger partial charge in [0.1, 0.15) is 0 Å². The fourth-order valence-corrected chi connectivity index (χ4v) is 14.2. The van der Waals surface area contributed by atoms with Gasteiger partial charge in [-0.05, 0) is 183 Å². The topological polar surface area (TPSA) is 3.24 Å². The predicted octanol–water partition coefficient (Wildman–Crippen LogP) is 30.8. The molecule has 7 unspecified atom stereocenters. The van der Waals surface area contributed by atoms with Crippen LogP contribution in [0.25, 0.3) is 39.5 Å². The molecule has 0 radical (unpaired) electrons. The maximum Gasteiger partial charge on any atom is 0.0461 e. The number of benzene rings is 10. The van der Waals surface area contributed by atoms with E-state index in [1.54, 1.807) is 6.08 Å². The minimum Gasteiger partial charge on any atom is -0.311 e. The fraction of sp³-hybridized carbons (Fsp3) is 0.135. The molecular formula is C111H109N. The van der Waals surface area contributed by atoms with E-state index in [0.717, 1.165) is 74.0 Å². The summed E-state index contributed by atoms with van der Waals surface area (Å²) in [4.78, 5) is 2.37. The van der Waals surface area contributed by atoms with E-state index in [9.17, 15) is 0 Å². The molecule has 2 aliphatic rings. The van der Waals surface area contributed by atoms with Crippen LogP contribution in [0.2, 0.25) is 0 Å². The molecule has 0 saturated heterocycles. The lowest BCUT2D eigenvalue weighted by Crippen LogP contribution is -2.17. The maximum atomic E-state index is 4.38. The number of anilines is 2. The van der Waals surface area contributed by atoms with Crippen LogP contribution in [0.15, 0.2) is 494 Å². The summed E-state index contributed by atoms with van der Waals surface area (Å²) in [5.74, 6) is 1.83. The molecule has 558 valence electrons. The summed E-state index contributed by atoms with van der Waals surface area (Å²) in [5.41, 5.74) is 20.7. The van der Waals surface area contributed by atoms with E-state index >= 15 is 0 Å². The van der Waals surface area contributed by atoms with E-state index in [1.165, 1.54) is 72.3 Å². The Labute approximate surface area is 671 Å². The number of allylic oxidation sites excluding steroid dienone is 27. The van der Waals surface area contributed by atoms with Crippen molar-refractivity contribution in [3.63, 3.8) is 0 Å². The molecule has 112 heavy (non-hydrogen) atoms. The van der Waals surface area contributed by atoms with E-state index in [4.69, 9.17) is 0 Å². The van der Waals surface area contributed by atoms with Gasteiger partial charge in [0.15, 0.2) is 0 Å². The van der Waals surface area contributed by atoms with E-state index < -0.39 is 0 Å². The second-order valence-electron chi connectivity index (χ2n) is 28.2. The molecular weight excluding hydrogens is 1350 g/mol. The van der Waals surface area contributed by atoms with Gasteiger partial charge in [0.25, 0.3) is 0 Å². The minimum atomic E-state index is 0.0754. The summed E-state index contributed by atoms with van der Waals surface area (Å²) in [6.45, 7) is 27.8. The second kappa shape index (κ2) is 46.0. The molecule has 0 bridgehead atoms. The Bertz CT molecular complexity index is 4870. The van der Waals surface area contributed by atoms with Gasteiger partial charge in [-0.1, -0.05) is 420 Å². The molecule has 1 nitrogen and oxygen atoms in total. The van der Waals surface area contributed by atoms with Gasteiger partial charge in [0, 0.05) is 34.8 Å². The first-order valence-corrected chi connectivity index (χ1v) is 39.6. The van der Waals surface area contributed by atoms with Crippen LogP contribution in [0.3, 0.4) is 0 Å². The van der Waals surface area contributed by atoms with Crippen molar-refractivity contribution in [2.75, 3.05) is 4.90 Å². The Morgan fingerprint density at radius 1 is 0.384 bits per heavy atom. The molecule has 2 aliphatic carbocycles. The Balaban J connectivity index is 0.000000357. The lowest BCUT2D eigenvalue weighted by atomic mass is 9.78. The average molecular weight is 1460 g/mol. The molecule has 0 amide bonds. The molecule has 0 heterocycles. The Hall–Kier alpha value is -12.7. The molecule has 0 saturated carbocycles. The quantitative estimate of drug-likeness (QED) is 0.0217. The number of rotatable bonds is 35. The fourth-order valence-electron chi connectivity index (χ4n) is 14.2. The molecule has 0 spiro atoms. The summed E-state index contributed by atoms with van der Waals surface area (Å²) in [6, 6.07) is 100. The van der Waals surface area contributed by atoms with Crippen LogP contribution in [0.5, 0.6) is 0 Å². The van der Waals surface area contributed by atoms with Crippen molar-refractivity contribution >= 4 is 17.5 Å². The normalized spacial score (nSPS) is 15.4. The van der Waals surface area contributed by atoms with Gasteiger partial charge in [-0.25, -0.2) is 0 Å². The van der Waals surface area contributed by atoms with Gasteiger partial charge in [-0.3, -0.25) is 0 Å². The van der Waals surface area contributed by atoms with Crippen LogP contribution in [0.4, 0.5) is 11.4 Å². The van der Waals surface area contributed by atoms with Gasteiger partial charge in [0.2, 0.25) is 0 Å². The third-order valence-corrected chi connectivity index (χ3v) is 20.5. The summed E-state index contributed by atoms with van der Waals surface area (Å²) in [7, 11) is 0. The first kappa shape index (κ1) is 81.8. The number of unbranched alkanes of at least 4 members (excludes halogenated alkanes) is 1. The van der Waals surface area contributed by atoms with Crippen molar-refractivity contribution < 1.29 is 0 Å². The Morgan fingerprint density at radius 3 is 1.38 bits per heavy atom. The summed E-state index contributed by atoms with van der Waals surface area (Å²) in [5, 5.41) is 0. The van der Waals surface area contributed by atoms with Gasteiger partial charge in [0.05, 0.1) is 0 Å². The molecule has 1 heteroatoms. The molecule has 0 N–H and O–H groups in total. The Morgan fingerprint density at radius 2 is 0.875 bits per heavy atom. The van der Waals surface area contributed by atoms with E-state index in [2.05, 4.69) is 397 Å². The Kier molecular flexibility index (Phi) is 33.6. The van der Waals surface area contributed by atoms with Crippen molar-refractivity contribution in [2.45, 2.75) is 69.1 Å². The molecule has 12 rings (SSSR count). The molecule has 0 aromatic heterocycles. The van der Waals surface area contributed by atoms with E-state index in [0.29, 0.717) is 17.8 Å². The highest BCUT2D eigenvalue weighted by atomic mass is 15.1. The third-order valence-electron chi connectivity index (χ3n) is 20.5. The van der Waals surface area contributed by atoms with Crippen molar-refractivity contribution in [1.82, 2.24) is 0 Å². The van der Waals surface area contributed by atoms with Crippen LogP contribution < -0.4 is 4.90 Å². The SMILES string of the molecule is C=C/C=C\C=C\C1C=CC(N(c2ccc(-c3ccc(C(C4=CCC(/C=C/CC(C=C)C(c5ccccc5)c5ccc(-c6ccccc6)cc5)C=C4)c4ccc(-c5ccccc5)cc4)cc3)cc2)c2ccc(C(C=C)CC=C)cc2)=CC1.C=CCC/C=C/C(C=C)=C/C=C/CC(C=C)C/C=C/c1ccccc1.c1ccccc1. The van der Waals surface area contributed by atoms with E-state index in [1.807, 2.05) is 85.0 Å². The zero-order valence-corrected chi connectivity index (χ0v) is 65.2. The van der Waals surface area contributed by atoms with Crippen molar-refractivity contribution in [1.29, 1.82) is 0 Å². The van der Waals surface area contributed by atoms with E-state index in [-0.39, 0.29) is 23.7 Å². The average Bonchev–Trinajstić information content (AvgIpc) is 0.809. The van der Waals surface area contributed by atoms with Crippen LogP contribution in [0.1, 0.15) is 103 Å². The lowest BCUT2D eigenvalue weighted by Gasteiger charge is -2.29. The van der Waals surface area contributed by atoms with Gasteiger partial charge in [-0.2, -0.15) is 0 Å². The smallest absolute Gasteiger partial charge is 0.0461 e. The highest BCUT2D eigenvalue weighted by molar-refractivity contribution is 5.75. The highest BCUT2D eigenvalue weighted by Crippen LogP contribution is 2.41. The first-order valence-electron chi connectivity index (χ1n) is 39.6. The summed E-state index contributed by atoms with van der Waals surface area (Å²) < 4.78 is 0. The highest BCUT2D eigenvalue weighted by Gasteiger charge is 2.25. The number of hydrogen-bond acceptors (Lipinski definition) is 1. The third kappa shape index (κ3) is 25.2. The second-order valence-corrected chi connectivity index (χ2v) is 28.2. The monoisotopic (exact) mass is 1460 g/mol. The zero-order chi connectivity index (χ0) is 78.0. The number of hydrogen-bond donors (Lipinski definition) is 0. The largest absolute Gasteiger partial charge is 0.311 e. The van der Waals surface area contributed by atoms with Gasteiger partial charge in [-0.15, -0.1) is 32.9 Å². The van der Waals surface area contributed by atoms with Crippen molar-refractivity contribution in [3.05, 3.63) is 527 Å². The van der Waals surface area contributed by atoms with Crippen LogP contribution in [-0.2, 0) is 0 Å². The van der Waals surface area contributed by atoms with Crippen LogP contribution in [-0.4, -0.2) is 0 Å². The van der Waals surface area contributed by atoms with Crippen LogP contribution >= 0.6 is 0 Å². The van der Waals surface area contributed by atoms with Crippen molar-refractivity contribution in [2.24, 2.45) is 23.7 Å². The predicted molar refractivity (Wildman–Crippen MR) is 490 cm³/mol. The zero-order valence-electron chi connectivity index (χ0n) is 65.2. The van der Waals surface area contributed by atoms with Crippen molar-refractivity contribution in [3.8, 4) is 33.4 Å². The van der Waals surface area contributed by atoms with Crippen LogP contribution in [0, 0.1) is 23.7 Å². The minimum absolute atomic E-state index is 0.0754. The maximum absolute atomic E-state index is 4.38. The van der Waals surface area contributed by atoms with Gasteiger partial charge >= 0.3 is 0 Å². The molecule has 7 atom stereocenters. The molecule has 10 aromatic carbocycles. The standard InChI is InChI=1S/C80H73N.C25H30.C6H6/c1-5-9-10-14-23-60-34-54-76(55-35-60)81(77-56-50-66(51-57-77)62(7-3)22-6-2)78-58-52-70(53-59-78)69-42-48-75(49-43-69)80(74-46-40-68(41-47-74)65-27-17-12-18-28-65)72-36-32-61(33-37-72)24-21-31-63(8-4)79(71-29-19-13-20-30-71)73-44-38-67(39-45-73)64-25-15-11-16-26-64;1-4-7-8-10-16-23(5-2)17-13-14-18-24(6-3)21-15-22-25-19-11-9-12-20-25;1-2-4-6-5-3-1/h5-21,23-30,32,34,36-63,79-80H,1-4,22,31,33,35H2;4-6,9-17,19-20,22,24H,1-3,7-8,18,21H2;1-6H/b10-9-,23-14+,24-21+;14-13+,16-10+,22-15+,23-17+;. The van der Waals surface area contributed by atoms with Gasteiger partial charge < -0.3 is 4.90 Å². The summed E-state index contributed by atoms with van der Waals surface area (Å²) in [6.07, 6.45) is 63.8. The summed E-state index contributed by atoms with van der Waals surface area (Å²) >= 11 is 0.